The van der Waals surface area contributed by atoms with Crippen molar-refractivity contribution in [2.45, 2.75) is 46.1 Å². The fourth-order valence-corrected chi connectivity index (χ4v) is 2.13. The predicted octanol–water partition coefficient (Wildman–Crippen LogP) is 2.88. The second-order valence-corrected chi connectivity index (χ2v) is 4.67. The van der Waals surface area contributed by atoms with Gasteiger partial charge in [0.05, 0.1) is 17.1 Å². The minimum absolute atomic E-state index is 0.302. The van der Waals surface area contributed by atoms with Gasteiger partial charge in [-0.15, -0.1) is 0 Å². The lowest BCUT2D eigenvalue weighted by Crippen LogP contribution is -2.05. The molecule has 0 radical (unpaired) electrons. The Bertz CT molecular complexity index is 590. The molecule has 2 aromatic heterocycles. The van der Waals surface area contributed by atoms with Crippen LogP contribution in [0.25, 0.3) is 11.0 Å². The third-order valence-corrected chi connectivity index (χ3v) is 3.12. The van der Waals surface area contributed by atoms with Crippen molar-refractivity contribution in [2.75, 3.05) is 0 Å². The summed E-state index contributed by atoms with van der Waals surface area (Å²) in [7, 11) is 0. The maximum Gasteiger partial charge on any atom is 0.336 e. The second-order valence-electron chi connectivity index (χ2n) is 4.67. The monoisotopic (exact) mass is 261 g/mol. The Hall–Kier alpha value is -1.91. The fraction of sp³-hybridized carbons (Fsp3) is 0.500. The van der Waals surface area contributed by atoms with Gasteiger partial charge < -0.3 is 5.11 Å². The molecule has 102 valence electrons. The number of aryl methyl sites for hydroxylation is 2. The van der Waals surface area contributed by atoms with Crippen molar-refractivity contribution >= 4 is 17.0 Å². The lowest BCUT2D eigenvalue weighted by atomic mass is 10.1. The molecule has 1 N–H and O–H groups in total. The molecule has 2 aromatic rings. The summed E-state index contributed by atoms with van der Waals surface area (Å²) in [4.78, 5) is 15.9. The van der Waals surface area contributed by atoms with Crippen molar-refractivity contribution in [3.05, 3.63) is 23.5 Å². The summed E-state index contributed by atoms with van der Waals surface area (Å²) < 4.78 is 1.81. The van der Waals surface area contributed by atoms with E-state index in [2.05, 4.69) is 23.9 Å². The van der Waals surface area contributed by atoms with Gasteiger partial charge >= 0.3 is 5.97 Å². The van der Waals surface area contributed by atoms with Gasteiger partial charge in [-0.25, -0.2) is 14.5 Å². The minimum Gasteiger partial charge on any atom is -0.478 e. The maximum atomic E-state index is 11.3. The van der Waals surface area contributed by atoms with Crippen LogP contribution in [0.2, 0.25) is 0 Å². The Labute approximate surface area is 112 Å². The molecule has 0 amide bonds. The first-order chi connectivity index (χ1) is 9.17. The van der Waals surface area contributed by atoms with E-state index < -0.39 is 5.97 Å². The summed E-state index contributed by atoms with van der Waals surface area (Å²) >= 11 is 0. The average Bonchev–Trinajstić information content (AvgIpc) is 2.78. The SMILES string of the molecule is CCCCn1ncc2c(C(=O)O)cc(CCC)nc21. The highest BCUT2D eigenvalue weighted by molar-refractivity contribution is 6.01. The van der Waals surface area contributed by atoms with Gasteiger partial charge in [0.1, 0.15) is 0 Å². The fourth-order valence-electron chi connectivity index (χ4n) is 2.13. The first kappa shape index (κ1) is 13.5. The van der Waals surface area contributed by atoms with E-state index in [-0.39, 0.29) is 0 Å². The maximum absolute atomic E-state index is 11.3. The van der Waals surface area contributed by atoms with Crippen LogP contribution < -0.4 is 0 Å². The third kappa shape index (κ3) is 2.75. The van der Waals surface area contributed by atoms with Crippen LogP contribution in [0.4, 0.5) is 0 Å². The number of pyridine rings is 1. The standard InChI is InChI=1S/C14H19N3O2/c1-3-5-7-17-13-12(9-15-17)11(14(18)19)8-10(16-13)6-4-2/h8-9H,3-7H2,1-2H3,(H,18,19). The molecule has 0 aliphatic heterocycles. The highest BCUT2D eigenvalue weighted by Crippen LogP contribution is 2.19. The lowest BCUT2D eigenvalue weighted by Gasteiger charge is -2.05. The van der Waals surface area contributed by atoms with E-state index in [0.29, 0.717) is 16.6 Å². The topological polar surface area (TPSA) is 68.0 Å². The molecule has 0 aliphatic rings. The number of carboxylic acid groups (broad SMARTS) is 1. The smallest absolute Gasteiger partial charge is 0.336 e. The Morgan fingerprint density at radius 2 is 2.16 bits per heavy atom. The molecule has 5 nitrogen and oxygen atoms in total. The van der Waals surface area contributed by atoms with Gasteiger partial charge in [0.15, 0.2) is 5.65 Å². The molecule has 0 atom stereocenters. The zero-order valence-corrected chi connectivity index (χ0v) is 11.4. The second kappa shape index (κ2) is 5.82. The number of rotatable bonds is 6. The van der Waals surface area contributed by atoms with E-state index in [1.165, 1.54) is 0 Å². The van der Waals surface area contributed by atoms with Crippen LogP contribution in [0.15, 0.2) is 12.3 Å². The van der Waals surface area contributed by atoms with E-state index in [9.17, 15) is 9.90 Å². The van der Waals surface area contributed by atoms with Crippen molar-refractivity contribution in [1.29, 1.82) is 0 Å². The predicted molar refractivity (Wildman–Crippen MR) is 73.4 cm³/mol. The molecular formula is C14H19N3O2. The van der Waals surface area contributed by atoms with Crippen molar-refractivity contribution in [3.63, 3.8) is 0 Å². The lowest BCUT2D eigenvalue weighted by molar-refractivity contribution is 0.0699. The van der Waals surface area contributed by atoms with Gasteiger partial charge in [0.2, 0.25) is 0 Å². The van der Waals surface area contributed by atoms with Crippen LogP contribution in [0.3, 0.4) is 0 Å². The molecule has 0 saturated heterocycles. The zero-order valence-electron chi connectivity index (χ0n) is 11.4. The molecule has 0 saturated carbocycles. The normalized spacial score (nSPS) is 11.1. The molecule has 0 unspecified atom stereocenters. The van der Waals surface area contributed by atoms with Crippen molar-refractivity contribution < 1.29 is 9.90 Å². The van der Waals surface area contributed by atoms with Crippen molar-refractivity contribution in [1.82, 2.24) is 14.8 Å². The first-order valence-electron chi connectivity index (χ1n) is 6.76. The molecular weight excluding hydrogens is 242 g/mol. The van der Waals surface area contributed by atoms with Gasteiger partial charge in [0.25, 0.3) is 0 Å². The molecule has 5 heteroatoms. The summed E-state index contributed by atoms with van der Waals surface area (Å²) in [5.74, 6) is -0.917. The first-order valence-corrected chi connectivity index (χ1v) is 6.76. The number of unbranched alkanes of at least 4 members (excludes halogenated alkanes) is 1. The van der Waals surface area contributed by atoms with Crippen LogP contribution in [-0.4, -0.2) is 25.8 Å². The number of fused-ring (bicyclic) bond motifs is 1. The Morgan fingerprint density at radius 3 is 2.79 bits per heavy atom. The van der Waals surface area contributed by atoms with Gasteiger partial charge in [-0.2, -0.15) is 5.10 Å². The molecule has 2 rings (SSSR count). The third-order valence-electron chi connectivity index (χ3n) is 3.12. The van der Waals surface area contributed by atoms with E-state index in [1.807, 2.05) is 4.68 Å². The number of aromatic carboxylic acids is 1. The average molecular weight is 261 g/mol. The van der Waals surface area contributed by atoms with Crippen LogP contribution in [0.5, 0.6) is 0 Å². The largest absolute Gasteiger partial charge is 0.478 e. The number of hydrogen-bond donors (Lipinski definition) is 1. The van der Waals surface area contributed by atoms with Crippen LogP contribution in [0.1, 0.15) is 49.2 Å². The molecule has 0 spiro atoms. The number of carbonyl (C=O) groups is 1. The molecule has 19 heavy (non-hydrogen) atoms. The molecule has 0 fully saturated rings. The van der Waals surface area contributed by atoms with Crippen LogP contribution in [-0.2, 0) is 13.0 Å². The van der Waals surface area contributed by atoms with E-state index in [0.717, 1.165) is 37.9 Å². The van der Waals surface area contributed by atoms with Gasteiger partial charge in [-0.05, 0) is 18.9 Å². The number of carboxylic acids is 1. The van der Waals surface area contributed by atoms with E-state index >= 15 is 0 Å². The number of nitrogens with zero attached hydrogens (tertiary/aromatic N) is 3. The summed E-state index contributed by atoms with van der Waals surface area (Å²) in [6.07, 6.45) is 5.42. The van der Waals surface area contributed by atoms with Crippen LogP contribution >= 0.6 is 0 Å². The molecule has 0 bridgehead atoms. The van der Waals surface area contributed by atoms with E-state index in [1.54, 1.807) is 12.3 Å². The van der Waals surface area contributed by atoms with Crippen molar-refractivity contribution in [2.24, 2.45) is 0 Å². The highest BCUT2D eigenvalue weighted by atomic mass is 16.4. The zero-order chi connectivity index (χ0) is 13.8. The summed E-state index contributed by atoms with van der Waals surface area (Å²) in [5, 5.41) is 14.2. The van der Waals surface area contributed by atoms with E-state index in [4.69, 9.17) is 0 Å². The number of aromatic nitrogens is 3. The summed E-state index contributed by atoms with van der Waals surface area (Å²) in [5.41, 5.74) is 1.82. The summed E-state index contributed by atoms with van der Waals surface area (Å²) in [6.45, 7) is 4.95. The Balaban J connectivity index is 2.54. The minimum atomic E-state index is -0.917. The summed E-state index contributed by atoms with van der Waals surface area (Å²) in [6, 6.07) is 1.67. The molecule has 2 heterocycles. The Morgan fingerprint density at radius 1 is 1.37 bits per heavy atom. The highest BCUT2D eigenvalue weighted by Gasteiger charge is 2.15. The van der Waals surface area contributed by atoms with Crippen LogP contribution in [0, 0.1) is 0 Å². The van der Waals surface area contributed by atoms with Gasteiger partial charge in [-0.1, -0.05) is 26.7 Å². The van der Waals surface area contributed by atoms with Crippen molar-refractivity contribution in [3.8, 4) is 0 Å². The molecule has 0 aliphatic carbocycles. The quantitative estimate of drug-likeness (QED) is 0.868. The van der Waals surface area contributed by atoms with Gasteiger partial charge in [0, 0.05) is 12.2 Å². The Kier molecular flexibility index (Phi) is 4.14. The molecule has 0 aromatic carbocycles. The van der Waals surface area contributed by atoms with Gasteiger partial charge in [-0.3, -0.25) is 0 Å². The number of hydrogen-bond acceptors (Lipinski definition) is 3.